The van der Waals surface area contributed by atoms with Crippen molar-refractivity contribution in [1.82, 2.24) is 0 Å². The summed E-state index contributed by atoms with van der Waals surface area (Å²) in [5.41, 5.74) is 1.79. The van der Waals surface area contributed by atoms with Gasteiger partial charge in [0.1, 0.15) is 6.29 Å². The Morgan fingerprint density at radius 2 is 1.56 bits per heavy atom. The monoisotopic (exact) mass is 223 g/mol. The van der Waals surface area contributed by atoms with Gasteiger partial charge in [-0.1, -0.05) is 34.6 Å². The number of carbonyl (C=O) groups excluding carboxylic acids is 1. The summed E-state index contributed by atoms with van der Waals surface area (Å²) >= 11 is 0. The first-order chi connectivity index (χ1) is 7.86. The van der Waals surface area contributed by atoms with Crippen LogP contribution in [0.2, 0.25) is 0 Å². The molecule has 0 fully saturated rings. The van der Waals surface area contributed by atoms with Crippen molar-refractivity contribution in [3.05, 3.63) is 29.8 Å². The zero-order chi connectivity index (χ0) is 12.8. The number of hydrogen-bond donors (Lipinski definition) is 1. The number of nitrogens with one attached hydrogen (secondary N) is 1. The normalized spacial score (nSPS) is 7.81. The van der Waals surface area contributed by atoms with E-state index in [0.717, 1.165) is 30.5 Å². The fraction of sp³-hybridized carbons (Fsp3) is 0.500. The summed E-state index contributed by atoms with van der Waals surface area (Å²) in [6.07, 6.45) is 1.96. The molecule has 2 heteroatoms. The quantitative estimate of drug-likeness (QED) is 0.768. The van der Waals surface area contributed by atoms with Crippen LogP contribution in [0, 0.1) is 0 Å². The van der Waals surface area contributed by atoms with Crippen LogP contribution in [0.15, 0.2) is 24.3 Å². The third-order valence-electron chi connectivity index (χ3n) is 1.63. The van der Waals surface area contributed by atoms with E-state index in [4.69, 9.17) is 0 Å². The maximum atomic E-state index is 10.3. The second kappa shape index (κ2) is 13.7. The summed E-state index contributed by atoms with van der Waals surface area (Å²) in [5.74, 6) is 0. The van der Waals surface area contributed by atoms with Crippen LogP contribution in [0.4, 0.5) is 5.69 Å². The molecule has 1 aromatic carbocycles. The fourth-order valence-electron chi connectivity index (χ4n) is 0.949. The number of benzene rings is 1. The summed E-state index contributed by atoms with van der Waals surface area (Å²) in [6, 6.07) is 7.45. The van der Waals surface area contributed by atoms with Crippen molar-refractivity contribution in [1.29, 1.82) is 0 Å². The minimum atomic E-state index is 0.719. The Bertz CT molecular complexity index is 241. The van der Waals surface area contributed by atoms with Crippen molar-refractivity contribution < 1.29 is 4.79 Å². The molecule has 92 valence electrons. The SMILES string of the molecule is CC.CC.CCCNc1ccc(C=O)cc1. The summed E-state index contributed by atoms with van der Waals surface area (Å²) in [6.45, 7) is 11.1. The Labute approximate surface area is 100 Å². The highest BCUT2D eigenvalue weighted by Crippen LogP contribution is 2.07. The van der Waals surface area contributed by atoms with Crippen LogP contribution >= 0.6 is 0 Å². The minimum absolute atomic E-state index is 0.719. The first-order valence-corrected chi connectivity index (χ1v) is 6.16. The predicted molar refractivity (Wildman–Crippen MR) is 73.3 cm³/mol. The summed E-state index contributed by atoms with van der Waals surface area (Å²) in [7, 11) is 0. The van der Waals surface area contributed by atoms with Gasteiger partial charge in [0, 0.05) is 17.8 Å². The maximum absolute atomic E-state index is 10.3. The lowest BCUT2D eigenvalue weighted by atomic mass is 10.2. The van der Waals surface area contributed by atoms with Crippen molar-refractivity contribution in [2.24, 2.45) is 0 Å². The Morgan fingerprint density at radius 1 is 1.06 bits per heavy atom. The van der Waals surface area contributed by atoms with E-state index in [1.165, 1.54) is 0 Å². The zero-order valence-corrected chi connectivity index (χ0v) is 11.2. The van der Waals surface area contributed by atoms with E-state index in [0.29, 0.717) is 0 Å². The molecule has 0 saturated heterocycles. The molecule has 0 unspecified atom stereocenters. The molecule has 0 spiro atoms. The lowest BCUT2D eigenvalue weighted by Crippen LogP contribution is -1.99. The van der Waals surface area contributed by atoms with Crippen molar-refractivity contribution in [3.8, 4) is 0 Å². The van der Waals surface area contributed by atoms with E-state index >= 15 is 0 Å². The summed E-state index contributed by atoms with van der Waals surface area (Å²) < 4.78 is 0. The average molecular weight is 223 g/mol. The third-order valence-corrected chi connectivity index (χ3v) is 1.63. The molecule has 0 atom stereocenters. The van der Waals surface area contributed by atoms with Crippen LogP contribution < -0.4 is 5.32 Å². The fourth-order valence-corrected chi connectivity index (χ4v) is 0.949. The van der Waals surface area contributed by atoms with Crippen LogP contribution in [0.1, 0.15) is 51.4 Å². The van der Waals surface area contributed by atoms with Gasteiger partial charge in [0.05, 0.1) is 0 Å². The van der Waals surface area contributed by atoms with Gasteiger partial charge < -0.3 is 5.32 Å². The van der Waals surface area contributed by atoms with E-state index in [1.54, 1.807) is 0 Å². The Hall–Kier alpha value is -1.31. The molecule has 1 N–H and O–H groups in total. The number of carbonyl (C=O) groups is 1. The number of rotatable bonds is 4. The van der Waals surface area contributed by atoms with Crippen LogP contribution in [-0.2, 0) is 0 Å². The molecule has 1 rings (SSSR count). The van der Waals surface area contributed by atoms with Crippen molar-refractivity contribution >= 4 is 12.0 Å². The Kier molecular flexibility index (Phi) is 14.6. The molecule has 0 amide bonds. The van der Waals surface area contributed by atoms with E-state index in [9.17, 15) is 4.79 Å². The highest BCUT2D eigenvalue weighted by molar-refractivity contribution is 5.75. The van der Waals surface area contributed by atoms with Crippen LogP contribution in [-0.4, -0.2) is 12.8 Å². The lowest BCUT2D eigenvalue weighted by molar-refractivity contribution is 0.112. The first kappa shape index (κ1) is 17.1. The van der Waals surface area contributed by atoms with Gasteiger partial charge in [-0.15, -0.1) is 0 Å². The van der Waals surface area contributed by atoms with E-state index in [1.807, 2.05) is 52.0 Å². The second-order valence-electron chi connectivity index (χ2n) is 2.67. The van der Waals surface area contributed by atoms with Gasteiger partial charge in [-0.3, -0.25) is 4.79 Å². The topological polar surface area (TPSA) is 29.1 Å². The zero-order valence-electron chi connectivity index (χ0n) is 11.2. The number of anilines is 1. The van der Waals surface area contributed by atoms with Gasteiger partial charge in [-0.2, -0.15) is 0 Å². The Morgan fingerprint density at radius 3 is 1.94 bits per heavy atom. The predicted octanol–water partition coefficient (Wildman–Crippen LogP) is 4.37. The maximum Gasteiger partial charge on any atom is 0.150 e. The van der Waals surface area contributed by atoms with E-state index < -0.39 is 0 Å². The lowest BCUT2D eigenvalue weighted by Gasteiger charge is -2.03. The second-order valence-corrected chi connectivity index (χ2v) is 2.67. The summed E-state index contributed by atoms with van der Waals surface area (Å²) in [4.78, 5) is 10.3. The molecule has 0 aliphatic rings. The molecule has 2 nitrogen and oxygen atoms in total. The smallest absolute Gasteiger partial charge is 0.150 e. The standard InChI is InChI=1S/C10H13NO.2C2H6/c1-2-7-11-10-5-3-9(8-12)4-6-10;2*1-2/h3-6,8,11H,2,7H2,1H3;2*1-2H3. The summed E-state index contributed by atoms with van der Waals surface area (Å²) in [5, 5.41) is 3.23. The highest BCUT2D eigenvalue weighted by Gasteiger charge is 1.90. The molecular weight excluding hydrogens is 198 g/mol. The van der Waals surface area contributed by atoms with Gasteiger partial charge >= 0.3 is 0 Å². The van der Waals surface area contributed by atoms with Crippen LogP contribution in [0.25, 0.3) is 0 Å². The van der Waals surface area contributed by atoms with Crippen molar-refractivity contribution in [2.75, 3.05) is 11.9 Å². The molecule has 0 aliphatic carbocycles. The molecule has 1 aromatic rings. The molecule has 0 radical (unpaired) electrons. The molecular formula is C14H25NO. The minimum Gasteiger partial charge on any atom is -0.385 e. The van der Waals surface area contributed by atoms with Crippen molar-refractivity contribution in [3.63, 3.8) is 0 Å². The van der Waals surface area contributed by atoms with Gasteiger partial charge in [0.15, 0.2) is 0 Å². The molecule has 0 heterocycles. The van der Waals surface area contributed by atoms with E-state index in [2.05, 4.69) is 12.2 Å². The van der Waals surface area contributed by atoms with Crippen LogP contribution in [0.3, 0.4) is 0 Å². The number of hydrogen-bond acceptors (Lipinski definition) is 2. The largest absolute Gasteiger partial charge is 0.385 e. The molecule has 0 saturated carbocycles. The molecule has 0 aromatic heterocycles. The van der Waals surface area contributed by atoms with Crippen molar-refractivity contribution in [2.45, 2.75) is 41.0 Å². The van der Waals surface area contributed by atoms with E-state index in [-0.39, 0.29) is 0 Å². The van der Waals surface area contributed by atoms with Gasteiger partial charge in [-0.05, 0) is 30.7 Å². The first-order valence-electron chi connectivity index (χ1n) is 6.16. The third kappa shape index (κ3) is 8.04. The van der Waals surface area contributed by atoms with Crippen LogP contribution in [0.5, 0.6) is 0 Å². The Balaban J connectivity index is 0. The molecule has 0 bridgehead atoms. The van der Waals surface area contributed by atoms with Gasteiger partial charge in [0.25, 0.3) is 0 Å². The molecule has 16 heavy (non-hydrogen) atoms. The van der Waals surface area contributed by atoms with Gasteiger partial charge in [-0.25, -0.2) is 0 Å². The average Bonchev–Trinajstić information content (AvgIpc) is 2.41. The molecule has 0 aliphatic heterocycles. The number of aldehydes is 1. The van der Waals surface area contributed by atoms with Gasteiger partial charge in [0.2, 0.25) is 0 Å². The highest BCUT2D eigenvalue weighted by atomic mass is 16.1.